The first-order valence-corrected chi connectivity index (χ1v) is 12.4. The Morgan fingerprint density at radius 2 is 1.76 bits per heavy atom. The van der Waals surface area contributed by atoms with Crippen molar-refractivity contribution in [2.45, 2.75) is 49.7 Å². The van der Waals surface area contributed by atoms with Gasteiger partial charge in [-0.1, -0.05) is 48.6 Å². The van der Waals surface area contributed by atoms with Crippen molar-refractivity contribution < 1.29 is 29.0 Å². The van der Waals surface area contributed by atoms with Crippen molar-refractivity contribution in [1.29, 1.82) is 0 Å². The van der Waals surface area contributed by atoms with Gasteiger partial charge in [-0.2, -0.15) is 0 Å². The van der Waals surface area contributed by atoms with Gasteiger partial charge < -0.3 is 30.3 Å². The maximum atomic E-state index is 13.9. The van der Waals surface area contributed by atoms with Crippen LogP contribution in [0.5, 0.6) is 0 Å². The van der Waals surface area contributed by atoms with E-state index < -0.39 is 36.3 Å². The minimum Gasteiger partial charge on any atom is -0.434 e. The van der Waals surface area contributed by atoms with Crippen LogP contribution >= 0.6 is 0 Å². The number of esters is 1. The first-order valence-electron chi connectivity index (χ1n) is 12.4. The maximum Gasteiger partial charge on any atom is 0.310 e. The summed E-state index contributed by atoms with van der Waals surface area (Å²) in [7, 11) is 1.88. The van der Waals surface area contributed by atoms with Gasteiger partial charge in [-0.15, -0.1) is 0 Å². The molecule has 0 spiro atoms. The highest BCUT2D eigenvalue weighted by Gasteiger charge is 2.44. The van der Waals surface area contributed by atoms with Crippen LogP contribution in [-0.2, 0) is 19.1 Å². The molecule has 2 fully saturated rings. The number of aliphatic hydroxyl groups excluding tert-OH is 1. The number of hydrogen-bond acceptors (Lipinski definition) is 7. The summed E-state index contributed by atoms with van der Waals surface area (Å²) in [6.07, 6.45) is 3.17. The molecule has 2 saturated heterocycles. The Morgan fingerprint density at radius 1 is 1.00 bits per heavy atom. The van der Waals surface area contributed by atoms with E-state index in [4.69, 9.17) is 4.74 Å². The molecule has 10 nitrogen and oxygen atoms in total. The normalized spacial score (nSPS) is 28.3. The molecule has 3 heterocycles. The molecule has 5 rings (SSSR count). The van der Waals surface area contributed by atoms with Crippen molar-refractivity contribution in [3.05, 3.63) is 60.2 Å². The zero-order valence-corrected chi connectivity index (χ0v) is 20.5. The number of likely N-dealkylation sites (N-methyl/N-ethyl adjacent to an activating group) is 1. The molecule has 0 aromatic heterocycles. The molecule has 3 N–H and O–H groups in total. The predicted octanol–water partition coefficient (Wildman–Crippen LogP) is 0.550. The zero-order chi connectivity index (χ0) is 26.1. The van der Waals surface area contributed by atoms with E-state index in [1.54, 1.807) is 17.0 Å². The molecule has 0 aliphatic carbocycles. The third-order valence-electron chi connectivity index (χ3n) is 7.19. The fourth-order valence-corrected chi connectivity index (χ4v) is 5.38. The lowest BCUT2D eigenvalue weighted by Gasteiger charge is -2.46. The Morgan fingerprint density at radius 3 is 2.54 bits per heavy atom. The zero-order valence-electron chi connectivity index (χ0n) is 20.5. The standard InChI is InChI=1S/C27H30N4O6/c1-30-14-17-9-3-5-12-20(28-24(33)19-11-6-8-16-7-2-4-10-18(16)19)26(35)31(17)22(15-30)25(34)29-21-13-23(32)37-27(21)36/h2-8,10-11,17,20-22,27,36H,9,12-15H2,1H3,(H,28,33)(H,29,34)/t17?,20-,21?,22-,27-/m0/s1. The maximum absolute atomic E-state index is 13.9. The molecule has 0 bridgehead atoms. The lowest BCUT2D eigenvalue weighted by molar-refractivity contribution is -0.156. The van der Waals surface area contributed by atoms with E-state index in [9.17, 15) is 24.3 Å². The van der Waals surface area contributed by atoms with Crippen LogP contribution in [0.2, 0.25) is 0 Å². The molecule has 2 unspecified atom stereocenters. The lowest BCUT2D eigenvalue weighted by Crippen LogP contribution is -2.67. The van der Waals surface area contributed by atoms with E-state index in [1.165, 1.54) is 0 Å². The molecule has 3 aliphatic heterocycles. The summed E-state index contributed by atoms with van der Waals surface area (Å²) in [4.78, 5) is 55.6. The highest BCUT2D eigenvalue weighted by Crippen LogP contribution is 2.24. The Bertz CT molecular complexity index is 1260. The van der Waals surface area contributed by atoms with Gasteiger partial charge in [-0.3, -0.25) is 19.2 Å². The third-order valence-corrected chi connectivity index (χ3v) is 7.19. The first-order chi connectivity index (χ1) is 17.8. The number of benzene rings is 2. The quantitative estimate of drug-likeness (QED) is 0.408. The molecule has 37 heavy (non-hydrogen) atoms. The average molecular weight is 507 g/mol. The Labute approximate surface area is 214 Å². The Kier molecular flexibility index (Phi) is 6.94. The summed E-state index contributed by atoms with van der Waals surface area (Å²) in [5.74, 6) is -1.77. The monoisotopic (exact) mass is 506 g/mol. The number of cyclic esters (lactones) is 1. The number of nitrogens with zero attached hydrogens (tertiary/aromatic N) is 2. The van der Waals surface area contributed by atoms with Gasteiger partial charge in [0.1, 0.15) is 18.1 Å². The predicted molar refractivity (Wildman–Crippen MR) is 134 cm³/mol. The molecule has 2 aromatic carbocycles. The average Bonchev–Trinajstić information content (AvgIpc) is 3.19. The minimum absolute atomic E-state index is 0.140. The van der Waals surface area contributed by atoms with Crippen LogP contribution in [0, 0.1) is 0 Å². The van der Waals surface area contributed by atoms with Gasteiger partial charge in [0.05, 0.1) is 6.42 Å². The topological polar surface area (TPSA) is 128 Å². The van der Waals surface area contributed by atoms with Gasteiger partial charge in [0.2, 0.25) is 18.1 Å². The Balaban J connectivity index is 1.39. The number of ether oxygens (including phenoxy) is 1. The van der Waals surface area contributed by atoms with Crippen LogP contribution in [-0.4, -0.2) is 89.2 Å². The second-order valence-corrected chi connectivity index (χ2v) is 9.83. The molecule has 10 heteroatoms. The van der Waals surface area contributed by atoms with E-state index in [-0.39, 0.29) is 30.8 Å². The van der Waals surface area contributed by atoms with Crippen LogP contribution in [0.1, 0.15) is 29.6 Å². The van der Waals surface area contributed by atoms with E-state index in [1.807, 2.05) is 54.4 Å². The van der Waals surface area contributed by atoms with Gasteiger partial charge in [0, 0.05) is 24.7 Å². The van der Waals surface area contributed by atoms with Crippen molar-refractivity contribution in [2.24, 2.45) is 0 Å². The van der Waals surface area contributed by atoms with Crippen molar-refractivity contribution in [2.75, 3.05) is 20.1 Å². The number of aliphatic hydroxyl groups is 1. The van der Waals surface area contributed by atoms with Crippen LogP contribution in [0.15, 0.2) is 54.6 Å². The molecule has 3 aliphatic rings. The van der Waals surface area contributed by atoms with Crippen molar-refractivity contribution in [3.63, 3.8) is 0 Å². The van der Waals surface area contributed by atoms with Crippen molar-refractivity contribution >= 4 is 34.5 Å². The number of nitrogens with one attached hydrogen (secondary N) is 2. The van der Waals surface area contributed by atoms with Crippen molar-refractivity contribution in [3.8, 4) is 0 Å². The second kappa shape index (κ2) is 10.3. The Hall–Kier alpha value is -3.76. The van der Waals surface area contributed by atoms with E-state index >= 15 is 0 Å². The number of carbonyl (C=O) groups is 4. The van der Waals surface area contributed by atoms with E-state index in [0.717, 1.165) is 10.8 Å². The van der Waals surface area contributed by atoms with Crippen LogP contribution in [0.4, 0.5) is 0 Å². The molecule has 2 aromatic rings. The van der Waals surface area contributed by atoms with Gasteiger partial charge in [-0.05, 0) is 36.7 Å². The summed E-state index contributed by atoms with van der Waals surface area (Å²) >= 11 is 0. The van der Waals surface area contributed by atoms with Crippen LogP contribution in [0.3, 0.4) is 0 Å². The number of amides is 3. The number of fused-ring (bicyclic) bond motifs is 2. The van der Waals surface area contributed by atoms with E-state index in [2.05, 4.69) is 10.6 Å². The number of piperazine rings is 1. The number of carbonyl (C=O) groups excluding carboxylic acids is 4. The summed E-state index contributed by atoms with van der Waals surface area (Å²) in [6.45, 7) is 0.844. The van der Waals surface area contributed by atoms with Gasteiger partial charge >= 0.3 is 5.97 Å². The second-order valence-electron chi connectivity index (χ2n) is 9.83. The molecule has 0 saturated carbocycles. The third kappa shape index (κ3) is 5.07. The number of rotatable bonds is 4. The summed E-state index contributed by atoms with van der Waals surface area (Å²) < 4.78 is 4.74. The highest BCUT2D eigenvalue weighted by atomic mass is 16.6. The molecule has 5 atom stereocenters. The fraction of sp³-hybridized carbons (Fsp3) is 0.407. The fourth-order valence-electron chi connectivity index (χ4n) is 5.38. The number of hydrogen-bond donors (Lipinski definition) is 3. The van der Waals surface area contributed by atoms with Crippen LogP contribution < -0.4 is 10.6 Å². The molecule has 0 radical (unpaired) electrons. The van der Waals surface area contributed by atoms with Gasteiger partial charge in [0.25, 0.3) is 5.91 Å². The summed E-state index contributed by atoms with van der Waals surface area (Å²) in [5.41, 5.74) is 0.473. The van der Waals surface area contributed by atoms with Crippen molar-refractivity contribution in [1.82, 2.24) is 20.4 Å². The molecular weight excluding hydrogens is 476 g/mol. The highest BCUT2D eigenvalue weighted by molar-refractivity contribution is 6.08. The van der Waals surface area contributed by atoms with Gasteiger partial charge in [-0.25, -0.2) is 0 Å². The molecular formula is C27H30N4O6. The lowest BCUT2D eigenvalue weighted by atomic mass is 9.96. The van der Waals surface area contributed by atoms with Gasteiger partial charge in [0.15, 0.2) is 0 Å². The smallest absolute Gasteiger partial charge is 0.310 e. The summed E-state index contributed by atoms with van der Waals surface area (Å²) in [6, 6.07) is 10.1. The molecule has 194 valence electrons. The van der Waals surface area contributed by atoms with E-state index in [0.29, 0.717) is 24.9 Å². The minimum atomic E-state index is -1.42. The van der Waals surface area contributed by atoms with Crippen LogP contribution in [0.25, 0.3) is 10.8 Å². The molecule has 3 amide bonds. The SMILES string of the molecule is CN1CC2CC=CC[C@H](NC(=O)c3cccc4ccccc34)C(=O)N2[C@H](C(=O)NC2CC(=O)O[C@@H]2O)C1. The first kappa shape index (κ1) is 24.9. The largest absolute Gasteiger partial charge is 0.434 e. The summed E-state index contributed by atoms with van der Waals surface area (Å²) in [5, 5.41) is 17.2.